The van der Waals surface area contributed by atoms with Crippen molar-refractivity contribution >= 4 is 34.6 Å². The van der Waals surface area contributed by atoms with Crippen LogP contribution in [0.15, 0.2) is 42.6 Å². The topological polar surface area (TPSA) is 122 Å². The lowest BCUT2D eigenvalue weighted by Gasteiger charge is -2.26. The van der Waals surface area contributed by atoms with Gasteiger partial charge in [-0.15, -0.1) is 6.42 Å². The van der Waals surface area contributed by atoms with Gasteiger partial charge in [-0.3, -0.25) is 0 Å². The van der Waals surface area contributed by atoms with Crippen LogP contribution in [0, 0.1) is 12.3 Å². The maximum absolute atomic E-state index is 12.3. The first kappa shape index (κ1) is 22.9. The fourth-order valence-corrected chi connectivity index (χ4v) is 4.02. The Bertz CT molecular complexity index is 1180. The lowest BCUT2D eigenvalue weighted by molar-refractivity contribution is -0.0974. The van der Waals surface area contributed by atoms with Gasteiger partial charge in [0.25, 0.3) is 0 Å². The summed E-state index contributed by atoms with van der Waals surface area (Å²) >= 11 is 5.95. The number of terminal acetylenes is 1. The minimum atomic E-state index is -1.54. The van der Waals surface area contributed by atoms with E-state index < -0.39 is 30.7 Å². The van der Waals surface area contributed by atoms with E-state index >= 15 is 0 Å². The second-order valence-corrected chi connectivity index (χ2v) is 7.97. The Labute approximate surface area is 195 Å². The van der Waals surface area contributed by atoms with E-state index in [9.17, 15) is 9.90 Å². The summed E-state index contributed by atoms with van der Waals surface area (Å²) in [4.78, 5) is 20.5. The van der Waals surface area contributed by atoms with Gasteiger partial charge in [-0.2, -0.15) is 4.98 Å². The van der Waals surface area contributed by atoms with E-state index in [-0.39, 0.29) is 24.1 Å². The van der Waals surface area contributed by atoms with Crippen molar-refractivity contribution in [2.45, 2.75) is 37.2 Å². The van der Waals surface area contributed by atoms with E-state index in [0.717, 1.165) is 12.0 Å². The van der Waals surface area contributed by atoms with Crippen molar-refractivity contribution in [2.75, 3.05) is 18.9 Å². The van der Waals surface area contributed by atoms with Crippen molar-refractivity contribution in [1.29, 1.82) is 0 Å². The molecule has 0 bridgehead atoms. The largest absolute Gasteiger partial charge is 0.508 e. The number of ether oxygens (including phenoxy) is 3. The summed E-state index contributed by atoms with van der Waals surface area (Å²) in [6, 6.07) is 11.6. The molecule has 1 fully saturated rings. The molecule has 0 amide bonds. The lowest BCUT2D eigenvalue weighted by Crippen LogP contribution is -2.44. The number of aryl methyl sites for hydroxylation is 1. The number of aliphatic hydroxyl groups is 1. The van der Waals surface area contributed by atoms with Crippen LogP contribution in [0.3, 0.4) is 0 Å². The van der Waals surface area contributed by atoms with Gasteiger partial charge in [0.1, 0.15) is 17.7 Å². The van der Waals surface area contributed by atoms with Crippen molar-refractivity contribution in [3.8, 4) is 12.3 Å². The van der Waals surface area contributed by atoms with Crippen LogP contribution >= 0.6 is 11.6 Å². The molecule has 0 spiro atoms. The van der Waals surface area contributed by atoms with Crippen LogP contribution in [0.5, 0.6) is 0 Å². The average Bonchev–Trinajstić information content (AvgIpc) is 3.39. The molecule has 172 valence electrons. The quantitative estimate of drug-likeness (QED) is 0.234. The number of carbonyl (C=O) groups excluding carboxylic acids is 1. The molecule has 33 heavy (non-hydrogen) atoms. The first-order valence-electron chi connectivity index (χ1n) is 10.4. The van der Waals surface area contributed by atoms with Gasteiger partial charge in [-0.05, 0) is 36.1 Å². The van der Waals surface area contributed by atoms with Crippen LogP contribution in [0.4, 0.5) is 10.6 Å². The summed E-state index contributed by atoms with van der Waals surface area (Å²) in [6.45, 7) is -0.368. The Kier molecular flexibility index (Phi) is 6.70. The molecule has 0 aliphatic carbocycles. The molecule has 3 heterocycles. The number of nitrogens with two attached hydrogens (primary N) is 1. The highest BCUT2D eigenvalue weighted by atomic mass is 35.5. The van der Waals surface area contributed by atoms with Crippen molar-refractivity contribution in [2.24, 2.45) is 0 Å². The van der Waals surface area contributed by atoms with Crippen LogP contribution in [0.2, 0.25) is 5.28 Å². The highest BCUT2D eigenvalue weighted by Gasteiger charge is 2.51. The zero-order chi connectivity index (χ0) is 23.4. The molecule has 3 aromatic rings. The summed E-state index contributed by atoms with van der Waals surface area (Å²) in [5.74, 6) is 2.65. The molecular formula is C23H23ClN4O5. The number of aliphatic hydroxyl groups excluding tert-OH is 1. The van der Waals surface area contributed by atoms with E-state index in [2.05, 4.69) is 15.9 Å². The van der Waals surface area contributed by atoms with Gasteiger partial charge in [0.2, 0.25) is 5.28 Å². The van der Waals surface area contributed by atoms with Gasteiger partial charge < -0.3 is 29.6 Å². The second-order valence-electron chi connectivity index (χ2n) is 7.63. The Morgan fingerprint density at radius 2 is 2.15 bits per heavy atom. The molecule has 1 aliphatic heterocycles. The fourth-order valence-electron chi connectivity index (χ4n) is 3.85. The van der Waals surface area contributed by atoms with Crippen LogP contribution < -0.4 is 5.73 Å². The smallest absolute Gasteiger partial charge is 0.434 e. The predicted octanol–water partition coefficient (Wildman–Crippen LogP) is 3.10. The molecule has 3 atom stereocenters. The number of benzene rings is 1. The Morgan fingerprint density at radius 3 is 2.88 bits per heavy atom. The molecular weight excluding hydrogens is 448 g/mol. The average molecular weight is 471 g/mol. The van der Waals surface area contributed by atoms with Gasteiger partial charge in [-0.1, -0.05) is 36.3 Å². The Balaban J connectivity index is 1.42. The normalized spacial score (nSPS) is 22.2. The molecule has 4 rings (SSSR count). The molecule has 0 radical (unpaired) electrons. The molecule has 1 aromatic carbocycles. The Morgan fingerprint density at radius 1 is 1.36 bits per heavy atom. The molecule has 3 N–H and O–H groups in total. The number of halogens is 1. The number of anilines is 1. The first-order valence-corrected chi connectivity index (χ1v) is 10.8. The van der Waals surface area contributed by atoms with Crippen LogP contribution in [0.1, 0.15) is 24.6 Å². The zero-order valence-electron chi connectivity index (χ0n) is 17.7. The number of carbonyl (C=O) groups is 1. The molecule has 10 heteroatoms. The number of nitrogens with zero attached hydrogens (tertiary/aromatic N) is 3. The summed E-state index contributed by atoms with van der Waals surface area (Å²) in [5.41, 5.74) is 5.97. The van der Waals surface area contributed by atoms with Gasteiger partial charge in [0.15, 0.2) is 11.7 Å². The number of hydrogen-bond donors (Lipinski definition) is 2. The zero-order valence-corrected chi connectivity index (χ0v) is 18.4. The Hall–Kier alpha value is -3.32. The second kappa shape index (κ2) is 9.67. The molecule has 1 aliphatic rings. The maximum Gasteiger partial charge on any atom is 0.508 e. The van der Waals surface area contributed by atoms with Crippen molar-refractivity contribution in [1.82, 2.24) is 14.5 Å². The third-order valence-corrected chi connectivity index (χ3v) is 5.73. The maximum atomic E-state index is 12.3. The van der Waals surface area contributed by atoms with E-state index in [4.69, 9.17) is 38.0 Å². The summed E-state index contributed by atoms with van der Waals surface area (Å²) in [6.07, 6.45) is 6.42. The predicted molar refractivity (Wildman–Crippen MR) is 121 cm³/mol. The number of fused-ring (bicyclic) bond motifs is 1. The lowest BCUT2D eigenvalue weighted by atomic mass is 9.99. The van der Waals surface area contributed by atoms with E-state index in [1.54, 1.807) is 16.8 Å². The van der Waals surface area contributed by atoms with E-state index in [1.165, 1.54) is 0 Å². The highest BCUT2D eigenvalue weighted by Crippen LogP contribution is 2.40. The van der Waals surface area contributed by atoms with Crippen LogP contribution in [-0.2, 0) is 20.6 Å². The molecule has 2 aromatic heterocycles. The van der Waals surface area contributed by atoms with E-state index in [0.29, 0.717) is 17.5 Å². The summed E-state index contributed by atoms with van der Waals surface area (Å²) < 4.78 is 18.3. The third kappa shape index (κ3) is 4.73. The van der Waals surface area contributed by atoms with Crippen LogP contribution in [0.25, 0.3) is 11.0 Å². The van der Waals surface area contributed by atoms with Gasteiger partial charge >= 0.3 is 6.16 Å². The number of nitrogen functional groups attached to an aromatic ring is 1. The summed E-state index contributed by atoms with van der Waals surface area (Å²) in [5, 5.41) is 10.5. The van der Waals surface area contributed by atoms with Crippen molar-refractivity contribution < 1.29 is 24.1 Å². The number of rotatable bonds is 7. The van der Waals surface area contributed by atoms with Gasteiger partial charge in [0, 0.05) is 12.6 Å². The molecule has 0 saturated carbocycles. The molecule has 9 nitrogen and oxygen atoms in total. The number of hydrogen-bond acceptors (Lipinski definition) is 8. The number of aromatic nitrogens is 3. The summed E-state index contributed by atoms with van der Waals surface area (Å²) in [7, 11) is 0. The molecule has 0 unspecified atom stereocenters. The highest BCUT2D eigenvalue weighted by molar-refractivity contribution is 6.28. The van der Waals surface area contributed by atoms with Gasteiger partial charge in [0.05, 0.1) is 18.6 Å². The first-order chi connectivity index (χ1) is 16.0. The third-order valence-electron chi connectivity index (χ3n) is 5.56. The fraction of sp³-hybridized carbons (Fsp3) is 0.348. The van der Waals surface area contributed by atoms with Gasteiger partial charge in [-0.25, -0.2) is 9.78 Å². The molecule has 1 saturated heterocycles. The minimum Gasteiger partial charge on any atom is -0.434 e. The SMILES string of the molecule is C#C[C@]1(CO)O[C@@H](n2ccc3c(N)nc(Cl)nc32)C[C@@H]1OC(=O)OCCCc1ccccc1. The standard InChI is InChI=1S/C23H23ClN4O5/c1-2-23(14-29)17(32-22(30)31-12-6-9-15-7-4-3-5-8-15)13-18(33-23)28-11-10-16-19(25)26-21(24)27-20(16)28/h1,3-5,7-8,10-11,17-18,29H,6,9,12-14H2,(H2,25,26,27)/t17-,18+,23+/m0/s1. The van der Waals surface area contributed by atoms with E-state index in [1.807, 2.05) is 30.3 Å². The van der Waals surface area contributed by atoms with Crippen LogP contribution in [-0.4, -0.2) is 50.7 Å². The van der Waals surface area contributed by atoms with Crippen molar-refractivity contribution in [3.05, 3.63) is 53.4 Å². The monoisotopic (exact) mass is 470 g/mol. The minimum absolute atomic E-state index is 0.0183. The van der Waals surface area contributed by atoms with Crippen molar-refractivity contribution in [3.63, 3.8) is 0 Å².